The molecule has 190 valence electrons. The Labute approximate surface area is 206 Å². The van der Waals surface area contributed by atoms with Gasteiger partial charge in [0.2, 0.25) is 17.7 Å². The molecule has 12 nitrogen and oxygen atoms in total. The summed E-state index contributed by atoms with van der Waals surface area (Å²) in [5.74, 6) is -2.44. The van der Waals surface area contributed by atoms with Crippen LogP contribution in [0.25, 0.3) is 0 Å². The third kappa shape index (κ3) is 5.37. The van der Waals surface area contributed by atoms with Crippen LogP contribution in [0, 0.1) is 6.92 Å². The number of rotatable bonds is 2. The standard InChI is InChI=1S/C24H28N6O6/c1-14-20-17(36-29-14)13-26-18(31)11-16(21(25)33)27-19(32)12-24(28-22(20)34)7-9-30(10-8-24)23(35)15-5-3-2-4-6-15/h2-6,16H,7-13H2,1H3,(H2,25,33)(H,26,31)(H,27,32)(H,28,34). The monoisotopic (exact) mass is 496 g/mol. The zero-order valence-electron chi connectivity index (χ0n) is 19.8. The normalized spacial score (nSPS) is 20.6. The number of fused-ring (bicyclic) bond motifs is 1. The number of likely N-dealkylation sites (tertiary alicyclic amines) is 1. The number of primary amides is 1. The first-order valence-electron chi connectivity index (χ1n) is 11.6. The van der Waals surface area contributed by atoms with Crippen molar-refractivity contribution in [3.8, 4) is 0 Å². The molecule has 4 rings (SSSR count). The quantitative estimate of drug-likeness (QED) is 0.444. The topological polar surface area (TPSA) is 177 Å². The van der Waals surface area contributed by atoms with Crippen LogP contribution in [0.4, 0.5) is 0 Å². The van der Waals surface area contributed by atoms with E-state index in [4.69, 9.17) is 10.3 Å². The molecule has 1 unspecified atom stereocenters. The van der Waals surface area contributed by atoms with Crippen LogP contribution in [0.2, 0.25) is 0 Å². The summed E-state index contributed by atoms with van der Waals surface area (Å²) in [4.78, 5) is 65.2. The minimum absolute atomic E-state index is 0.131. The lowest BCUT2D eigenvalue weighted by molar-refractivity contribution is -0.131. The number of nitrogens with two attached hydrogens (primary N) is 1. The van der Waals surface area contributed by atoms with Gasteiger partial charge in [0.1, 0.15) is 11.6 Å². The largest absolute Gasteiger partial charge is 0.368 e. The van der Waals surface area contributed by atoms with E-state index in [0.717, 1.165) is 0 Å². The molecule has 0 saturated carbocycles. The van der Waals surface area contributed by atoms with Crippen LogP contribution in [0.15, 0.2) is 34.9 Å². The number of nitrogens with zero attached hydrogens (tertiary/aromatic N) is 2. The Morgan fingerprint density at radius 1 is 1.11 bits per heavy atom. The molecule has 3 heterocycles. The van der Waals surface area contributed by atoms with Crippen molar-refractivity contribution < 1.29 is 28.5 Å². The van der Waals surface area contributed by atoms with Gasteiger partial charge in [0.05, 0.1) is 24.2 Å². The molecule has 0 aliphatic carbocycles. The number of amides is 5. The van der Waals surface area contributed by atoms with E-state index in [-0.39, 0.29) is 36.6 Å². The van der Waals surface area contributed by atoms with Crippen LogP contribution in [0.5, 0.6) is 0 Å². The molecule has 0 radical (unpaired) electrons. The van der Waals surface area contributed by atoms with Gasteiger partial charge < -0.3 is 31.1 Å². The first kappa shape index (κ1) is 24.9. The van der Waals surface area contributed by atoms with Gasteiger partial charge in [-0.1, -0.05) is 23.4 Å². The van der Waals surface area contributed by atoms with E-state index in [1.54, 1.807) is 36.1 Å². The van der Waals surface area contributed by atoms with Crippen LogP contribution in [-0.4, -0.2) is 64.3 Å². The van der Waals surface area contributed by atoms with Gasteiger partial charge in [-0.2, -0.15) is 0 Å². The lowest BCUT2D eigenvalue weighted by Gasteiger charge is -2.42. The summed E-state index contributed by atoms with van der Waals surface area (Å²) in [5.41, 5.74) is 5.45. The van der Waals surface area contributed by atoms with Crippen molar-refractivity contribution in [2.24, 2.45) is 5.73 Å². The smallest absolute Gasteiger partial charge is 0.257 e. The number of carbonyl (C=O) groups is 5. The summed E-state index contributed by atoms with van der Waals surface area (Å²) in [5, 5.41) is 11.9. The predicted molar refractivity (Wildman–Crippen MR) is 125 cm³/mol. The maximum absolute atomic E-state index is 13.4. The highest BCUT2D eigenvalue weighted by Crippen LogP contribution is 2.29. The zero-order valence-corrected chi connectivity index (χ0v) is 19.8. The Kier molecular flexibility index (Phi) is 7.04. The highest BCUT2D eigenvalue weighted by molar-refractivity contribution is 5.98. The Balaban J connectivity index is 1.61. The summed E-state index contributed by atoms with van der Waals surface area (Å²) in [6, 6.07) is 7.64. The fourth-order valence-corrected chi connectivity index (χ4v) is 4.59. The van der Waals surface area contributed by atoms with E-state index >= 15 is 0 Å². The number of hydrogen-bond donors (Lipinski definition) is 4. The fourth-order valence-electron chi connectivity index (χ4n) is 4.59. The fraction of sp³-hybridized carbons (Fsp3) is 0.417. The number of hydrogen-bond acceptors (Lipinski definition) is 7. The van der Waals surface area contributed by atoms with Crippen LogP contribution >= 0.6 is 0 Å². The average Bonchev–Trinajstić information content (AvgIpc) is 3.22. The highest BCUT2D eigenvalue weighted by Gasteiger charge is 2.41. The number of carbonyl (C=O) groups excluding carboxylic acids is 5. The molecule has 1 fully saturated rings. The van der Waals surface area contributed by atoms with Gasteiger partial charge in [0, 0.05) is 25.1 Å². The number of aryl methyl sites for hydroxylation is 1. The second kappa shape index (κ2) is 10.2. The van der Waals surface area contributed by atoms with Gasteiger partial charge in [-0.3, -0.25) is 24.0 Å². The van der Waals surface area contributed by atoms with Gasteiger partial charge in [-0.05, 0) is 31.9 Å². The molecule has 1 saturated heterocycles. The molecule has 36 heavy (non-hydrogen) atoms. The minimum Gasteiger partial charge on any atom is -0.368 e. The molecule has 5 amide bonds. The average molecular weight is 497 g/mol. The van der Waals surface area contributed by atoms with E-state index in [1.807, 2.05) is 6.07 Å². The van der Waals surface area contributed by atoms with E-state index in [9.17, 15) is 24.0 Å². The SMILES string of the molecule is Cc1noc2c1C(=O)NC1(CCN(C(=O)c3ccccc3)CC1)CC(=O)NC(C(N)=O)CC(=O)NC2. The highest BCUT2D eigenvalue weighted by atomic mass is 16.5. The molecule has 1 spiro atoms. The van der Waals surface area contributed by atoms with E-state index in [1.165, 1.54) is 0 Å². The second-order valence-electron chi connectivity index (χ2n) is 9.14. The lowest BCUT2D eigenvalue weighted by Crippen LogP contribution is -2.59. The van der Waals surface area contributed by atoms with Crippen molar-refractivity contribution in [2.75, 3.05) is 13.1 Å². The zero-order chi connectivity index (χ0) is 25.9. The van der Waals surface area contributed by atoms with Crippen LogP contribution in [-0.2, 0) is 20.9 Å². The van der Waals surface area contributed by atoms with Crippen LogP contribution in [0.3, 0.4) is 0 Å². The van der Waals surface area contributed by atoms with Crippen molar-refractivity contribution >= 4 is 29.5 Å². The lowest BCUT2D eigenvalue weighted by atomic mass is 9.83. The molecule has 1 atom stereocenters. The molecule has 12 heteroatoms. The maximum Gasteiger partial charge on any atom is 0.257 e. The molecule has 5 N–H and O–H groups in total. The van der Waals surface area contributed by atoms with E-state index < -0.39 is 35.2 Å². The molecular weight excluding hydrogens is 468 g/mol. The van der Waals surface area contributed by atoms with Crippen molar-refractivity contribution in [2.45, 2.75) is 50.7 Å². The Morgan fingerprint density at radius 2 is 1.81 bits per heavy atom. The van der Waals surface area contributed by atoms with Crippen LogP contribution < -0.4 is 21.7 Å². The molecular formula is C24H28N6O6. The second-order valence-corrected chi connectivity index (χ2v) is 9.14. The Bertz CT molecular complexity index is 1180. The number of nitrogens with one attached hydrogen (secondary N) is 3. The van der Waals surface area contributed by atoms with Gasteiger partial charge in [0.15, 0.2) is 5.76 Å². The Hall–Kier alpha value is -4.22. The summed E-state index contributed by atoms with van der Waals surface area (Å²) >= 11 is 0. The van der Waals surface area contributed by atoms with Gasteiger partial charge in [-0.15, -0.1) is 0 Å². The summed E-state index contributed by atoms with van der Waals surface area (Å²) in [7, 11) is 0. The van der Waals surface area contributed by atoms with Gasteiger partial charge in [0.25, 0.3) is 11.8 Å². The predicted octanol–water partition coefficient (Wildman–Crippen LogP) is -0.232. The van der Waals surface area contributed by atoms with Crippen molar-refractivity contribution in [1.82, 2.24) is 26.0 Å². The first-order chi connectivity index (χ1) is 17.2. The first-order valence-corrected chi connectivity index (χ1v) is 11.6. The molecule has 2 aromatic rings. The summed E-state index contributed by atoms with van der Waals surface area (Å²) < 4.78 is 5.26. The minimum atomic E-state index is -1.22. The van der Waals surface area contributed by atoms with Gasteiger partial charge >= 0.3 is 0 Å². The van der Waals surface area contributed by atoms with Crippen molar-refractivity contribution in [3.05, 3.63) is 52.9 Å². The number of piperidine rings is 1. The summed E-state index contributed by atoms with van der Waals surface area (Å²) in [6.45, 7) is 2.08. The third-order valence-corrected chi connectivity index (χ3v) is 6.58. The summed E-state index contributed by atoms with van der Waals surface area (Å²) in [6.07, 6.45) is 0.0556. The molecule has 1 aromatic carbocycles. The molecule has 2 aliphatic rings. The van der Waals surface area contributed by atoms with E-state index in [0.29, 0.717) is 37.2 Å². The number of aromatic nitrogens is 1. The van der Waals surface area contributed by atoms with Gasteiger partial charge in [-0.25, -0.2) is 0 Å². The van der Waals surface area contributed by atoms with Crippen molar-refractivity contribution in [3.63, 3.8) is 0 Å². The van der Waals surface area contributed by atoms with Crippen molar-refractivity contribution in [1.29, 1.82) is 0 Å². The molecule has 1 aromatic heterocycles. The van der Waals surface area contributed by atoms with Crippen LogP contribution in [0.1, 0.15) is 57.9 Å². The maximum atomic E-state index is 13.4. The number of benzene rings is 1. The molecule has 2 aliphatic heterocycles. The van der Waals surface area contributed by atoms with E-state index in [2.05, 4.69) is 21.1 Å². The molecule has 0 bridgehead atoms. The third-order valence-electron chi connectivity index (χ3n) is 6.58. The Morgan fingerprint density at radius 3 is 2.47 bits per heavy atom.